The molecule has 1 heterocycles. The lowest BCUT2D eigenvalue weighted by Crippen LogP contribution is -2.54. The molecule has 6 nitrogen and oxygen atoms in total. The van der Waals surface area contributed by atoms with E-state index in [4.69, 9.17) is 10.8 Å². The first kappa shape index (κ1) is 14.1. The number of carboxylic acids is 1. The fraction of sp³-hybridized carbons (Fsp3) is 0.846. The molecule has 1 aliphatic carbocycles. The van der Waals surface area contributed by atoms with Crippen LogP contribution in [-0.4, -0.2) is 47.2 Å². The number of nitrogens with one attached hydrogen (secondary N) is 1. The molecule has 2 fully saturated rings. The Balaban J connectivity index is 1.79. The highest BCUT2D eigenvalue weighted by atomic mass is 16.4. The zero-order valence-corrected chi connectivity index (χ0v) is 11.2. The summed E-state index contributed by atoms with van der Waals surface area (Å²) < 4.78 is 0. The summed E-state index contributed by atoms with van der Waals surface area (Å²) in [5.74, 6) is -1.06. The van der Waals surface area contributed by atoms with Gasteiger partial charge in [-0.1, -0.05) is 12.8 Å². The van der Waals surface area contributed by atoms with E-state index in [-0.39, 0.29) is 24.0 Å². The van der Waals surface area contributed by atoms with E-state index in [9.17, 15) is 9.59 Å². The molecule has 1 saturated heterocycles. The van der Waals surface area contributed by atoms with E-state index in [1.807, 2.05) is 0 Å². The van der Waals surface area contributed by atoms with Crippen LogP contribution in [0, 0.1) is 5.92 Å². The number of nitrogens with two attached hydrogens (primary N) is 1. The third-order valence-corrected chi connectivity index (χ3v) is 4.26. The highest BCUT2D eigenvalue weighted by Crippen LogP contribution is 2.19. The van der Waals surface area contributed by atoms with Gasteiger partial charge in [0.2, 0.25) is 0 Å². The minimum Gasteiger partial charge on any atom is -0.481 e. The van der Waals surface area contributed by atoms with Crippen LogP contribution in [0.4, 0.5) is 4.79 Å². The average molecular weight is 269 g/mol. The minimum absolute atomic E-state index is 0.0502. The second-order valence-electron chi connectivity index (χ2n) is 5.60. The summed E-state index contributed by atoms with van der Waals surface area (Å²) in [5, 5.41) is 11.9. The quantitative estimate of drug-likeness (QED) is 0.689. The molecular formula is C13H23N3O3. The summed E-state index contributed by atoms with van der Waals surface area (Å²) in [5.41, 5.74) is 6.01. The highest BCUT2D eigenvalue weighted by molar-refractivity contribution is 5.75. The molecule has 2 rings (SSSR count). The van der Waals surface area contributed by atoms with Gasteiger partial charge >= 0.3 is 12.0 Å². The molecule has 1 saturated carbocycles. The van der Waals surface area contributed by atoms with Crippen molar-refractivity contribution in [3.63, 3.8) is 0 Å². The van der Waals surface area contributed by atoms with Gasteiger partial charge in [-0.3, -0.25) is 4.79 Å². The van der Waals surface area contributed by atoms with Gasteiger partial charge in [-0.25, -0.2) is 4.79 Å². The van der Waals surface area contributed by atoms with Gasteiger partial charge in [0.05, 0.1) is 5.92 Å². The molecule has 0 aromatic rings. The standard InChI is InChI=1S/C13H23N3O3/c14-10-3-1-2-4-11(10)15-13(19)16-7-5-9(6-8-16)12(17)18/h9-11H,1-8,14H2,(H,15,19)(H,17,18). The third-order valence-electron chi connectivity index (χ3n) is 4.26. The van der Waals surface area contributed by atoms with Crippen LogP contribution in [0.3, 0.4) is 0 Å². The van der Waals surface area contributed by atoms with Crippen LogP contribution >= 0.6 is 0 Å². The molecule has 19 heavy (non-hydrogen) atoms. The lowest BCUT2D eigenvalue weighted by atomic mass is 9.91. The maximum atomic E-state index is 12.1. The summed E-state index contributed by atoms with van der Waals surface area (Å²) >= 11 is 0. The molecule has 108 valence electrons. The van der Waals surface area contributed by atoms with Crippen molar-refractivity contribution >= 4 is 12.0 Å². The molecule has 0 spiro atoms. The summed E-state index contributed by atoms with van der Waals surface area (Å²) in [6, 6.07) is 0.0268. The average Bonchev–Trinajstić information content (AvgIpc) is 2.41. The van der Waals surface area contributed by atoms with Crippen molar-refractivity contribution in [3.8, 4) is 0 Å². The Hall–Kier alpha value is -1.30. The molecule has 4 N–H and O–H groups in total. The van der Waals surface area contributed by atoms with Gasteiger partial charge in [0.1, 0.15) is 0 Å². The van der Waals surface area contributed by atoms with Gasteiger partial charge < -0.3 is 21.1 Å². The van der Waals surface area contributed by atoms with E-state index >= 15 is 0 Å². The van der Waals surface area contributed by atoms with Gasteiger partial charge in [-0.15, -0.1) is 0 Å². The summed E-state index contributed by atoms with van der Waals surface area (Å²) in [6.45, 7) is 1.04. The second kappa shape index (κ2) is 6.23. The lowest BCUT2D eigenvalue weighted by Gasteiger charge is -2.34. The van der Waals surface area contributed by atoms with Gasteiger partial charge in [-0.2, -0.15) is 0 Å². The van der Waals surface area contributed by atoms with E-state index in [0.717, 1.165) is 25.7 Å². The number of rotatable bonds is 2. The van der Waals surface area contributed by atoms with Crippen molar-refractivity contribution in [1.82, 2.24) is 10.2 Å². The Kier molecular flexibility index (Phi) is 4.63. The van der Waals surface area contributed by atoms with Crippen molar-refractivity contribution in [2.45, 2.75) is 50.6 Å². The molecular weight excluding hydrogens is 246 g/mol. The van der Waals surface area contributed by atoms with Gasteiger partial charge in [0, 0.05) is 25.2 Å². The smallest absolute Gasteiger partial charge is 0.317 e. The first-order chi connectivity index (χ1) is 9.08. The van der Waals surface area contributed by atoms with E-state index < -0.39 is 5.97 Å². The minimum atomic E-state index is -0.755. The molecule has 0 radical (unpaired) electrons. The van der Waals surface area contributed by atoms with Crippen LogP contribution in [0.25, 0.3) is 0 Å². The van der Waals surface area contributed by atoms with E-state index in [0.29, 0.717) is 25.9 Å². The summed E-state index contributed by atoms with van der Waals surface area (Å²) in [6.07, 6.45) is 5.24. The number of urea groups is 1. The number of carbonyl (C=O) groups is 2. The Morgan fingerprint density at radius 1 is 1.11 bits per heavy atom. The number of carboxylic acid groups (broad SMARTS) is 1. The van der Waals surface area contributed by atoms with Gasteiger partial charge in [0.25, 0.3) is 0 Å². The molecule has 0 aromatic carbocycles. The Labute approximate surface area is 113 Å². The maximum Gasteiger partial charge on any atom is 0.317 e. The van der Waals surface area contributed by atoms with E-state index in [1.165, 1.54) is 0 Å². The van der Waals surface area contributed by atoms with Crippen LogP contribution in [0.5, 0.6) is 0 Å². The number of amides is 2. The highest BCUT2D eigenvalue weighted by Gasteiger charge is 2.29. The lowest BCUT2D eigenvalue weighted by molar-refractivity contribution is -0.143. The zero-order chi connectivity index (χ0) is 13.8. The van der Waals surface area contributed by atoms with Crippen molar-refractivity contribution < 1.29 is 14.7 Å². The van der Waals surface area contributed by atoms with Crippen LogP contribution in [0.2, 0.25) is 0 Å². The molecule has 1 aliphatic heterocycles. The SMILES string of the molecule is NC1CCCCC1NC(=O)N1CCC(C(=O)O)CC1. The van der Waals surface area contributed by atoms with Crippen molar-refractivity contribution in [3.05, 3.63) is 0 Å². The molecule has 2 atom stereocenters. The predicted molar refractivity (Wildman–Crippen MR) is 70.7 cm³/mol. The van der Waals surface area contributed by atoms with Gasteiger partial charge in [0.15, 0.2) is 0 Å². The van der Waals surface area contributed by atoms with Crippen molar-refractivity contribution in [2.24, 2.45) is 11.7 Å². The summed E-state index contributed by atoms with van der Waals surface area (Å²) in [7, 11) is 0. The first-order valence-electron chi connectivity index (χ1n) is 7.11. The molecule has 2 amide bonds. The molecule has 2 unspecified atom stereocenters. The number of piperidine rings is 1. The molecule has 0 aromatic heterocycles. The monoisotopic (exact) mass is 269 g/mol. The largest absolute Gasteiger partial charge is 0.481 e. The number of hydrogen-bond acceptors (Lipinski definition) is 3. The van der Waals surface area contributed by atoms with Crippen molar-refractivity contribution in [1.29, 1.82) is 0 Å². The normalized spacial score (nSPS) is 29.0. The van der Waals surface area contributed by atoms with Crippen LogP contribution in [-0.2, 0) is 4.79 Å². The van der Waals surface area contributed by atoms with Crippen LogP contribution in [0.1, 0.15) is 38.5 Å². The Bertz CT molecular complexity index is 340. The fourth-order valence-electron chi connectivity index (χ4n) is 2.92. The predicted octanol–water partition coefficient (Wildman–Crippen LogP) is 0.762. The third kappa shape index (κ3) is 3.59. The van der Waals surface area contributed by atoms with Crippen LogP contribution < -0.4 is 11.1 Å². The molecule has 6 heteroatoms. The first-order valence-corrected chi connectivity index (χ1v) is 7.11. The zero-order valence-electron chi connectivity index (χ0n) is 11.2. The number of nitrogens with zero attached hydrogens (tertiary/aromatic N) is 1. The van der Waals surface area contributed by atoms with Crippen LogP contribution in [0.15, 0.2) is 0 Å². The number of hydrogen-bond donors (Lipinski definition) is 3. The molecule has 0 bridgehead atoms. The summed E-state index contributed by atoms with van der Waals surface area (Å²) in [4.78, 5) is 24.7. The van der Waals surface area contributed by atoms with E-state index in [1.54, 1.807) is 4.90 Å². The number of carbonyl (C=O) groups excluding carboxylic acids is 1. The number of likely N-dealkylation sites (tertiary alicyclic amines) is 1. The maximum absolute atomic E-state index is 12.1. The number of aliphatic carboxylic acids is 1. The Morgan fingerprint density at radius 3 is 2.32 bits per heavy atom. The Morgan fingerprint density at radius 2 is 1.74 bits per heavy atom. The second-order valence-corrected chi connectivity index (χ2v) is 5.60. The van der Waals surface area contributed by atoms with Gasteiger partial charge in [-0.05, 0) is 25.7 Å². The fourth-order valence-corrected chi connectivity index (χ4v) is 2.92. The molecule has 2 aliphatic rings. The van der Waals surface area contributed by atoms with E-state index in [2.05, 4.69) is 5.32 Å². The topological polar surface area (TPSA) is 95.7 Å². The van der Waals surface area contributed by atoms with Crippen molar-refractivity contribution in [2.75, 3.05) is 13.1 Å².